The fourth-order valence-electron chi connectivity index (χ4n) is 2.81. The first kappa shape index (κ1) is 19.2. The van der Waals surface area contributed by atoms with Gasteiger partial charge in [-0.15, -0.1) is 0 Å². The summed E-state index contributed by atoms with van der Waals surface area (Å²) in [6, 6.07) is 0. The summed E-state index contributed by atoms with van der Waals surface area (Å²) >= 11 is 0. The van der Waals surface area contributed by atoms with E-state index in [0.717, 1.165) is 57.4 Å². The van der Waals surface area contributed by atoms with E-state index < -0.39 is 4.92 Å². The number of guanidine groups is 1. The number of nitrogens with zero attached hydrogens (tertiary/aromatic N) is 5. The van der Waals surface area contributed by atoms with Crippen LogP contribution in [0, 0.1) is 16.0 Å². The van der Waals surface area contributed by atoms with Crippen LogP contribution < -0.4 is 5.32 Å². The molecular formula is C16H28N6O3. The van der Waals surface area contributed by atoms with E-state index in [0.29, 0.717) is 13.1 Å². The smallest absolute Gasteiger partial charge is 0.306 e. The Balaban J connectivity index is 1.82. The van der Waals surface area contributed by atoms with Crippen molar-refractivity contribution in [1.82, 2.24) is 20.0 Å². The maximum absolute atomic E-state index is 10.7. The summed E-state index contributed by atoms with van der Waals surface area (Å²) in [7, 11) is 2.04. The summed E-state index contributed by atoms with van der Waals surface area (Å²) in [5, 5.41) is 17.9. The van der Waals surface area contributed by atoms with Gasteiger partial charge in [0.2, 0.25) is 0 Å². The number of nitrogens with one attached hydrogen (secondary N) is 1. The lowest BCUT2D eigenvalue weighted by Crippen LogP contribution is -2.40. The highest BCUT2D eigenvalue weighted by Crippen LogP contribution is 2.18. The van der Waals surface area contributed by atoms with E-state index in [1.54, 1.807) is 4.68 Å². The van der Waals surface area contributed by atoms with Gasteiger partial charge in [0, 0.05) is 33.4 Å². The Bertz CT molecular complexity index is 568. The van der Waals surface area contributed by atoms with Crippen LogP contribution in [-0.2, 0) is 11.3 Å². The summed E-state index contributed by atoms with van der Waals surface area (Å²) in [6.07, 6.45) is 6.10. The van der Waals surface area contributed by atoms with Gasteiger partial charge in [-0.2, -0.15) is 5.10 Å². The molecule has 0 saturated carbocycles. The lowest BCUT2D eigenvalue weighted by molar-refractivity contribution is -0.385. The highest BCUT2D eigenvalue weighted by molar-refractivity contribution is 5.79. The lowest BCUT2D eigenvalue weighted by Gasteiger charge is -2.26. The van der Waals surface area contributed by atoms with Crippen molar-refractivity contribution >= 4 is 11.6 Å². The van der Waals surface area contributed by atoms with E-state index >= 15 is 0 Å². The van der Waals surface area contributed by atoms with Crippen LogP contribution in [-0.4, -0.2) is 65.5 Å². The van der Waals surface area contributed by atoms with E-state index in [9.17, 15) is 10.1 Å². The topological polar surface area (TPSA) is 97.8 Å². The van der Waals surface area contributed by atoms with Crippen LogP contribution >= 0.6 is 0 Å². The number of rotatable bonds is 8. The Kier molecular flexibility index (Phi) is 7.65. The third-order valence-electron chi connectivity index (χ3n) is 4.33. The van der Waals surface area contributed by atoms with E-state index in [1.807, 2.05) is 14.0 Å². The van der Waals surface area contributed by atoms with E-state index in [2.05, 4.69) is 20.3 Å². The quantitative estimate of drug-likeness (QED) is 0.330. The van der Waals surface area contributed by atoms with Crippen molar-refractivity contribution in [3.63, 3.8) is 0 Å². The molecular weight excluding hydrogens is 324 g/mol. The molecule has 0 amide bonds. The van der Waals surface area contributed by atoms with Gasteiger partial charge in [0.15, 0.2) is 5.96 Å². The average Bonchev–Trinajstić information content (AvgIpc) is 3.09. The van der Waals surface area contributed by atoms with Gasteiger partial charge in [-0.05, 0) is 32.1 Å². The minimum Gasteiger partial charge on any atom is -0.381 e. The minimum atomic E-state index is -0.444. The van der Waals surface area contributed by atoms with Crippen molar-refractivity contribution in [1.29, 1.82) is 0 Å². The van der Waals surface area contributed by atoms with Gasteiger partial charge in [0.1, 0.15) is 12.4 Å². The normalized spacial score (nSPS) is 16.0. The maximum atomic E-state index is 10.7. The molecule has 0 aromatic carbocycles. The highest BCUT2D eigenvalue weighted by Gasteiger charge is 2.15. The molecule has 1 N–H and O–H groups in total. The molecule has 2 rings (SSSR count). The third-order valence-corrected chi connectivity index (χ3v) is 4.33. The summed E-state index contributed by atoms with van der Waals surface area (Å²) in [4.78, 5) is 17.0. The molecule has 1 aromatic rings. The monoisotopic (exact) mass is 352 g/mol. The fourth-order valence-corrected chi connectivity index (χ4v) is 2.81. The SMILES string of the molecule is CCNC(=NCCn1cc([N+](=O)[O-])cn1)N(C)CCC1CCOCC1. The van der Waals surface area contributed by atoms with Gasteiger partial charge in [0.05, 0.1) is 18.0 Å². The minimum absolute atomic E-state index is 0.00414. The number of ether oxygens (including phenoxy) is 1. The molecule has 1 saturated heterocycles. The molecule has 9 heteroatoms. The standard InChI is InChI=1S/C16H28N6O3/c1-3-17-16(20(2)8-4-14-5-10-25-11-6-14)18-7-9-21-13-15(12-19-21)22(23)24/h12-14H,3-11H2,1-2H3,(H,17,18). The zero-order valence-electron chi connectivity index (χ0n) is 15.1. The van der Waals surface area contributed by atoms with Crippen molar-refractivity contribution in [3.8, 4) is 0 Å². The van der Waals surface area contributed by atoms with Crippen molar-refractivity contribution in [3.05, 3.63) is 22.5 Å². The van der Waals surface area contributed by atoms with Crippen molar-refractivity contribution < 1.29 is 9.66 Å². The molecule has 1 aliphatic rings. The van der Waals surface area contributed by atoms with Gasteiger partial charge in [-0.3, -0.25) is 19.8 Å². The van der Waals surface area contributed by atoms with Crippen LogP contribution in [0.2, 0.25) is 0 Å². The number of aromatic nitrogens is 2. The molecule has 25 heavy (non-hydrogen) atoms. The molecule has 9 nitrogen and oxygen atoms in total. The molecule has 1 aliphatic heterocycles. The molecule has 1 fully saturated rings. The van der Waals surface area contributed by atoms with Crippen LogP contribution in [0.15, 0.2) is 17.4 Å². The van der Waals surface area contributed by atoms with Crippen molar-refractivity contribution in [2.24, 2.45) is 10.9 Å². The van der Waals surface area contributed by atoms with Gasteiger partial charge in [-0.1, -0.05) is 0 Å². The maximum Gasteiger partial charge on any atom is 0.306 e. The Hall–Kier alpha value is -2.16. The second kappa shape index (κ2) is 9.97. The fraction of sp³-hybridized carbons (Fsp3) is 0.750. The van der Waals surface area contributed by atoms with Crippen LogP contribution in [0.3, 0.4) is 0 Å². The number of hydrogen-bond donors (Lipinski definition) is 1. The van der Waals surface area contributed by atoms with Crippen LogP contribution in [0.5, 0.6) is 0 Å². The predicted molar refractivity (Wildman–Crippen MR) is 95.7 cm³/mol. The van der Waals surface area contributed by atoms with Gasteiger partial charge < -0.3 is 15.0 Å². The van der Waals surface area contributed by atoms with E-state index in [-0.39, 0.29) is 5.69 Å². The Morgan fingerprint density at radius 1 is 1.56 bits per heavy atom. The lowest BCUT2D eigenvalue weighted by atomic mass is 9.96. The van der Waals surface area contributed by atoms with Crippen LogP contribution in [0.4, 0.5) is 5.69 Å². The van der Waals surface area contributed by atoms with Crippen LogP contribution in [0.25, 0.3) is 0 Å². The Morgan fingerprint density at radius 3 is 2.96 bits per heavy atom. The summed E-state index contributed by atoms with van der Waals surface area (Å²) in [5.74, 6) is 1.58. The third kappa shape index (κ3) is 6.33. The molecule has 1 aromatic heterocycles. The summed E-state index contributed by atoms with van der Waals surface area (Å²) < 4.78 is 6.95. The van der Waals surface area contributed by atoms with Gasteiger partial charge in [-0.25, -0.2) is 0 Å². The van der Waals surface area contributed by atoms with Gasteiger partial charge >= 0.3 is 5.69 Å². The van der Waals surface area contributed by atoms with Crippen molar-refractivity contribution in [2.75, 3.05) is 39.9 Å². The highest BCUT2D eigenvalue weighted by atomic mass is 16.6. The number of hydrogen-bond acceptors (Lipinski definition) is 5. The second-order valence-corrected chi connectivity index (χ2v) is 6.22. The second-order valence-electron chi connectivity index (χ2n) is 6.22. The largest absolute Gasteiger partial charge is 0.381 e. The Morgan fingerprint density at radius 2 is 2.32 bits per heavy atom. The first-order valence-corrected chi connectivity index (χ1v) is 8.84. The van der Waals surface area contributed by atoms with E-state index in [1.165, 1.54) is 12.4 Å². The van der Waals surface area contributed by atoms with Crippen LogP contribution in [0.1, 0.15) is 26.2 Å². The summed E-state index contributed by atoms with van der Waals surface area (Å²) in [6.45, 7) is 6.56. The molecule has 0 bridgehead atoms. The number of nitro groups is 1. The predicted octanol–water partition coefficient (Wildman–Crippen LogP) is 1.51. The van der Waals surface area contributed by atoms with E-state index in [4.69, 9.17) is 4.74 Å². The zero-order valence-corrected chi connectivity index (χ0v) is 15.1. The molecule has 0 aliphatic carbocycles. The molecule has 0 atom stereocenters. The number of aliphatic imine (C=N–C) groups is 1. The Labute approximate surface area is 148 Å². The first-order valence-electron chi connectivity index (χ1n) is 8.84. The molecule has 0 spiro atoms. The molecule has 0 unspecified atom stereocenters. The zero-order chi connectivity index (χ0) is 18.1. The summed E-state index contributed by atoms with van der Waals surface area (Å²) in [5.41, 5.74) is 0.00414. The molecule has 140 valence electrons. The first-order chi connectivity index (χ1) is 12.1. The van der Waals surface area contributed by atoms with Crippen molar-refractivity contribution in [2.45, 2.75) is 32.7 Å². The average molecular weight is 352 g/mol. The molecule has 2 heterocycles. The van der Waals surface area contributed by atoms with Gasteiger partial charge in [0.25, 0.3) is 0 Å². The molecule has 0 radical (unpaired) electrons.